The third kappa shape index (κ3) is 3.22. The second-order valence-electron chi connectivity index (χ2n) is 6.29. The Hall–Kier alpha value is -2.51. The topological polar surface area (TPSA) is 92.6 Å². The van der Waals surface area contributed by atoms with Crippen LogP contribution in [-0.2, 0) is 9.59 Å². The van der Waals surface area contributed by atoms with Gasteiger partial charge in [-0.15, -0.1) is 0 Å². The van der Waals surface area contributed by atoms with Crippen molar-refractivity contribution in [2.24, 2.45) is 5.92 Å². The van der Waals surface area contributed by atoms with Gasteiger partial charge >= 0.3 is 5.69 Å². The van der Waals surface area contributed by atoms with Crippen LogP contribution in [0.15, 0.2) is 18.2 Å². The van der Waals surface area contributed by atoms with Crippen molar-refractivity contribution in [2.75, 3.05) is 11.4 Å². The predicted molar refractivity (Wildman–Crippen MR) is 83.9 cm³/mol. The Bertz CT molecular complexity index is 688. The fourth-order valence-corrected chi connectivity index (χ4v) is 3.33. The van der Waals surface area contributed by atoms with Crippen LogP contribution in [0.5, 0.6) is 0 Å². The summed E-state index contributed by atoms with van der Waals surface area (Å²) in [6.07, 6.45) is 4.17. The molecule has 2 aliphatic rings. The number of amides is 2. The summed E-state index contributed by atoms with van der Waals surface area (Å²) in [6, 6.07) is 3.49. The zero-order valence-electron chi connectivity index (χ0n) is 13.0. The third-order valence-electron chi connectivity index (χ3n) is 4.64. The van der Waals surface area contributed by atoms with Crippen molar-refractivity contribution < 1.29 is 18.9 Å². The van der Waals surface area contributed by atoms with Crippen molar-refractivity contribution in [2.45, 2.75) is 38.1 Å². The van der Waals surface area contributed by atoms with Crippen LogP contribution in [0.4, 0.5) is 15.8 Å². The third-order valence-corrected chi connectivity index (χ3v) is 4.64. The van der Waals surface area contributed by atoms with Crippen LogP contribution in [0.25, 0.3) is 0 Å². The van der Waals surface area contributed by atoms with Gasteiger partial charge in [-0.25, -0.2) is 0 Å². The van der Waals surface area contributed by atoms with E-state index in [-0.39, 0.29) is 36.5 Å². The summed E-state index contributed by atoms with van der Waals surface area (Å²) in [5.41, 5.74) is -0.441. The van der Waals surface area contributed by atoms with Crippen LogP contribution >= 0.6 is 0 Å². The lowest BCUT2D eigenvalue weighted by molar-refractivity contribution is -0.387. The minimum absolute atomic E-state index is 0.0593. The lowest BCUT2D eigenvalue weighted by Gasteiger charge is -2.18. The van der Waals surface area contributed by atoms with E-state index in [0.29, 0.717) is 0 Å². The zero-order valence-corrected chi connectivity index (χ0v) is 13.0. The summed E-state index contributed by atoms with van der Waals surface area (Å²) in [6.45, 7) is 0.153. The molecule has 1 N–H and O–H groups in total. The Morgan fingerprint density at radius 2 is 2.04 bits per heavy atom. The van der Waals surface area contributed by atoms with Gasteiger partial charge in [-0.05, 0) is 25.0 Å². The number of carbonyl (C=O) groups is 2. The van der Waals surface area contributed by atoms with Gasteiger partial charge in [0.15, 0.2) is 0 Å². The summed E-state index contributed by atoms with van der Waals surface area (Å²) in [4.78, 5) is 35.8. The first-order valence-electron chi connectivity index (χ1n) is 8.00. The van der Waals surface area contributed by atoms with E-state index in [1.165, 1.54) is 11.0 Å². The van der Waals surface area contributed by atoms with Crippen molar-refractivity contribution in [1.29, 1.82) is 0 Å². The Balaban J connectivity index is 1.71. The van der Waals surface area contributed by atoms with Gasteiger partial charge in [0.2, 0.25) is 17.6 Å². The van der Waals surface area contributed by atoms with E-state index >= 15 is 0 Å². The van der Waals surface area contributed by atoms with E-state index in [1.54, 1.807) is 0 Å². The van der Waals surface area contributed by atoms with Gasteiger partial charge in [-0.3, -0.25) is 19.7 Å². The number of nitrogens with one attached hydrogen (secondary N) is 1. The van der Waals surface area contributed by atoms with E-state index < -0.39 is 22.3 Å². The molecule has 1 saturated heterocycles. The van der Waals surface area contributed by atoms with E-state index in [1.807, 2.05) is 0 Å². The molecule has 0 radical (unpaired) electrons. The summed E-state index contributed by atoms with van der Waals surface area (Å²) in [5, 5.41) is 13.8. The molecule has 3 rings (SSSR count). The molecule has 1 aromatic carbocycles. The number of carbonyl (C=O) groups excluding carboxylic acids is 2. The highest BCUT2D eigenvalue weighted by Crippen LogP contribution is 2.30. The Labute approximate surface area is 138 Å². The lowest BCUT2D eigenvalue weighted by atomic mass is 10.1. The number of anilines is 1. The minimum Gasteiger partial charge on any atom is -0.353 e. The van der Waals surface area contributed by atoms with Gasteiger partial charge in [0.25, 0.3) is 0 Å². The summed E-state index contributed by atoms with van der Waals surface area (Å²) >= 11 is 0. The molecule has 24 heavy (non-hydrogen) atoms. The van der Waals surface area contributed by atoms with Crippen molar-refractivity contribution in [3.8, 4) is 0 Å². The zero-order chi connectivity index (χ0) is 17.3. The molecule has 8 heteroatoms. The Kier molecular flexibility index (Phi) is 4.46. The van der Waals surface area contributed by atoms with E-state index in [2.05, 4.69) is 5.32 Å². The second kappa shape index (κ2) is 6.54. The highest BCUT2D eigenvalue weighted by Gasteiger charge is 2.36. The summed E-state index contributed by atoms with van der Waals surface area (Å²) < 4.78 is 13.4. The van der Waals surface area contributed by atoms with Gasteiger partial charge in [0.1, 0.15) is 0 Å². The molecule has 7 nitrogen and oxygen atoms in total. The molecule has 1 aliphatic heterocycles. The average molecular weight is 335 g/mol. The van der Waals surface area contributed by atoms with Crippen LogP contribution in [0.3, 0.4) is 0 Å². The van der Waals surface area contributed by atoms with Crippen LogP contribution in [0.1, 0.15) is 32.1 Å². The average Bonchev–Trinajstić information content (AvgIpc) is 3.17. The lowest BCUT2D eigenvalue weighted by Crippen LogP contribution is -2.38. The number of benzene rings is 1. The van der Waals surface area contributed by atoms with Crippen LogP contribution < -0.4 is 10.2 Å². The number of nitro benzene ring substituents is 1. The fourth-order valence-electron chi connectivity index (χ4n) is 3.33. The summed E-state index contributed by atoms with van der Waals surface area (Å²) in [5.74, 6) is -1.88. The first-order valence-corrected chi connectivity index (χ1v) is 8.00. The molecule has 2 fully saturated rings. The van der Waals surface area contributed by atoms with Gasteiger partial charge in [-0.1, -0.05) is 12.8 Å². The molecule has 0 spiro atoms. The first-order chi connectivity index (χ1) is 11.5. The molecular weight excluding hydrogens is 317 g/mol. The maximum Gasteiger partial charge on any atom is 0.306 e. The van der Waals surface area contributed by atoms with Gasteiger partial charge in [0, 0.05) is 25.1 Å². The van der Waals surface area contributed by atoms with Crippen LogP contribution in [-0.4, -0.2) is 29.3 Å². The Morgan fingerprint density at radius 3 is 2.71 bits per heavy atom. The largest absolute Gasteiger partial charge is 0.353 e. The number of hydrogen-bond acceptors (Lipinski definition) is 4. The molecule has 1 atom stereocenters. The fraction of sp³-hybridized carbons (Fsp3) is 0.500. The molecular formula is C16H18FN3O4. The van der Waals surface area contributed by atoms with Gasteiger partial charge in [0.05, 0.1) is 16.5 Å². The monoisotopic (exact) mass is 335 g/mol. The van der Waals surface area contributed by atoms with Crippen molar-refractivity contribution >= 4 is 23.2 Å². The maximum atomic E-state index is 13.4. The molecule has 1 saturated carbocycles. The molecule has 1 aromatic rings. The molecule has 0 bridgehead atoms. The SMILES string of the molecule is O=C(NC1CCCC1)C1CC(=O)N(c2ccc(F)c([N+](=O)[O-])c2)C1. The van der Waals surface area contributed by atoms with E-state index in [4.69, 9.17) is 0 Å². The molecule has 128 valence electrons. The molecule has 2 amide bonds. The predicted octanol–water partition coefficient (Wildman–Crippen LogP) is 2.15. The molecule has 1 heterocycles. The molecule has 0 aromatic heterocycles. The van der Waals surface area contributed by atoms with Crippen LogP contribution in [0.2, 0.25) is 0 Å². The van der Waals surface area contributed by atoms with E-state index in [0.717, 1.165) is 37.8 Å². The molecule has 1 aliphatic carbocycles. The second-order valence-corrected chi connectivity index (χ2v) is 6.29. The highest BCUT2D eigenvalue weighted by molar-refractivity contribution is 6.00. The number of hydrogen-bond donors (Lipinski definition) is 1. The van der Waals surface area contributed by atoms with Gasteiger partial charge < -0.3 is 10.2 Å². The van der Waals surface area contributed by atoms with Crippen molar-refractivity contribution in [1.82, 2.24) is 5.32 Å². The van der Waals surface area contributed by atoms with E-state index in [9.17, 15) is 24.1 Å². The molecule has 1 unspecified atom stereocenters. The standard InChI is InChI=1S/C16H18FN3O4/c17-13-6-5-12(8-14(13)20(23)24)19-9-10(7-15(19)21)16(22)18-11-3-1-2-4-11/h5-6,8,10-11H,1-4,7,9H2,(H,18,22). The normalized spacial score (nSPS) is 21.3. The highest BCUT2D eigenvalue weighted by atomic mass is 19.1. The summed E-state index contributed by atoms with van der Waals surface area (Å²) in [7, 11) is 0. The quantitative estimate of drug-likeness (QED) is 0.674. The first kappa shape index (κ1) is 16.4. The van der Waals surface area contributed by atoms with Crippen LogP contribution in [0, 0.1) is 21.8 Å². The number of halogens is 1. The number of rotatable bonds is 4. The smallest absolute Gasteiger partial charge is 0.306 e. The van der Waals surface area contributed by atoms with Crippen molar-refractivity contribution in [3.05, 3.63) is 34.1 Å². The van der Waals surface area contributed by atoms with Gasteiger partial charge in [-0.2, -0.15) is 4.39 Å². The number of nitrogens with zero attached hydrogens (tertiary/aromatic N) is 2. The minimum atomic E-state index is -0.953. The Morgan fingerprint density at radius 1 is 1.33 bits per heavy atom. The maximum absolute atomic E-state index is 13.4. The number of nitro groups is 1. The van der Waals surface area contributed by atoms with Crippen molar-refractivity contribution in [3.63, 3.8) is 0 Å².